The van der Waals surface area contributed by atoms with E-state index in [2.05, 4.69) is 9.97 Å². The Hall–Kier alpha value is -4.60. The molecule has 2 aromatic heterocycles. The lowest BCUT2D eigenvalue weighted by Gasteiger charge is -2.13. The van der Waals surface area contributed by atoms with Crippen molar-refractivity contribution in [3.8, 4) is 34.5 Å². The summed E-state index contributed by atoms with van der Waals surface area (Å²) < 4.78 is 43.5. The second-order valence-corrected chi connectivity index (χ2v) is 7.69. The third kappa shape index (κ3) is 7.22. The number of hydrogen-bond acceptors (Lipinski definition) is 8. The minimum atomic E-state index is -0.423. The largest absolute Gasteiger partial charge is 0.504 e. The lowest BCUT2D eigenvalue weighted by atomic mass is 10.1. The van der Waals surface area contributed by atoms with E-state index in [1.165, 1.54) is 25.4 Å². The van der Waals surface area contributed by atoms with E-state index in [0.29, 0.717) is 35.5 Å². The number of anilines is 2. The monoisotopic (exact) mass is 526 g/mol. The van der Waals surface area contributed by atoms with Crippen LogP contribution in [0.1, 0.15) is 32.4 Å². The molecule has 0 bridgehead atoms. The van der Waals surface area contributed by atoms with Crippen LogP contribution < -0.4 is 25.7 Å². The number of halogens is 2. The fourth-order valence-electron chi connectivity index (χ4n) is 3.24. The number of hydrogen-bond donors (Lipinski definition) is 3. The van der Waals surface area contributed by atoms with Gasteiger partial charge >= 0.3 is 0 Å². The molecule has 2 aromatic carbocycles. The zero-order valence-corrected chi connectivity index (χ0v) is 20.7. The first-order valence-corrected chi connectivity index (χ1v) is 11.4. The molecular formula is C28H32F2N4O4. The van der Waals surface area contributed by atoms with Crippen LogP contribution in [0.3, 0.4) is 0 Å². The SMILES string of the molecule is C.CCc1cc(O)c(Oc2cccnc2N)cc1F.CCc1cc(OC)c(Oc2cccnc2N)cc1F. The highest BCUT2D eigenvalue weighted by atomic mass is 19.1. The molecule has 8 nitrogen and oxygen atoms in total. The van der Waals surface area contributed by atoms with Gasteiger partial charge < -0.3 is 30.8 Å². The van der Waals surface area contributed by atoms with Crippen molar-refractivity contribution in [3.05, 3.63) is 83.7 Å². The summed E-state index contributed by atoms with van der Waals surface area (Å²) in [6.45, 7) is 3.68. The fourth-order valence-corrected chi connectivity index (χ4v) is 3.24. The lowest BCUT2D eigenvalue weighted by molar-refractivity contribution is 0.375. The molecule has 0 spiro atoms. The standard InChI is InChI=1S/C14H15FN2O2.C13H13FN2O2.CH4/c1-3-9-7-12(18-2)13(8-10(9)15)19-11-5-4-6-17-14(11)16;1-2-8-6-10(17)12(7-9(8)14)18-11-4-3-5-16-13(11)15;/h4-8H,3H2,1-2H3,(H2,16,17);3-7,17H,2H2,1H3,(H2,15,16);1H4. The van der Waals surface area contributed by atoms with Gasteiger partial charge in [-0.25, -0.2) is 18.7 Å². The highest BCUT2D eigenvalue weighted by molar-refractivity contribution is 5.52. The molecule has 0 atom stereocenters. The number of methoxy groups -OCH3 is 1. The second-order valence-electron chi connectivity index (χ2n) is 7.69. The van der Waals surface area contributed by atoms with E-state index in [0.717, 1.165) is 6.07 Å². The van der Waals surface area contributed by atoms with Crippen molar-refractivity contribution in [1.82, 2.24) is 9.97 Å². The number of aromatic hydroxyl groups is 1. The van der Waals surface area contributed by atoms with E-state index < -0.39 is 5.82 Å². The highest BCUT2D eigenvalue weighted by Gasteiger charge is 2.13. The fraction of sp³-hybridized carbons (Fsp3) is 0.214. The summed E-state index contributed by atoms with van der Waals surface area (Å²) in [4.78, 5) is 7.74. The first-order valence-electron chi connectivity index (χ1n) is 11.4. The van der Waals surface area contributed by atoms with Crippen LogP contribution >= 0.6 is 0 Å². The number of benzene rings is 2. The molecule has 0 amide bonds. The summed E-state index contributed by atoms with van der Waals surface area (Å²) >= 11 is 0. The Bertz CT molecular complexity index is 1370. The molecular weight excluding hydrogens is 494 g/mol. The average molecular weight is 527 g/mol. The number of nitrogen functional groups attached to an aromatic ring is 2. The Morgan fingerprint density at radius 2 is 1.21 bits per heavy atom. The number of aromatic nitrogens is 2. The molecule has 0 fully saturated rings. The molecule has 0 saturated carbocycles. The number of phenolic OH excluding ortho intramolecular Hbond substituents is 1. The van der Waals surface area contributed by atoms with Gasteiger partial charge in [0.2, 0.25) is 0 Å². The van der Waals surface area contributed by atoms with Crippen LogP contribution in [-0.4, -0.2) is 22.2 Å². The Kier molecular flexibility index (Phi) is 10.6. The number of nitrogens with zero attached hydrogens (tertiary/aromatic N) is 2. The van der Waals surface area contributed by atoms with Crippen LogP contribution in [0.4, 0.5) is 20.4 Å². The maximum absolute atomic E-state index is 13.8. The lowest BCUT2D eigenvalue weighted by Crippen LogP contribution is -1.98. The van der Waals surface area contributed by atoms with E-state index >= 15 is 0 Å². The van der Waals surface area contributed by atoms with E-state index in [-0.39, 0.29) is 47.9 Å². The number of phenols is 1. The van der Waals surface area contributed by atoms with Crippen molar-refractivity contribution in [2.24, 2.45) is 0 Å². The van der Waals surface area contributed by atoms with Crippen LogP contribution in [-0.2, 0) is 12.8 Å². The first-order chi connectivity index (χ1) is 17.8. The third-order valence-corrected chi connectivity index (χ3v) is 5.26. The summed E-state index contributed by atoms with van der Waals surface area (Å²) in [5.74, 6) is 0.926. The predicted octanol–water partition coefficient (Wildman–Crippen LogP) is 6.67. The molecule has 4 rings (SSSR count). The average Bonchev–Trinajstić information content (AvgIpc) is 2.89. The van der Waals surface area contributed by atoms with Gasteiger partial charge in [-0.1, -0.05) is 21.3 Å². The normalized spacial score (nSPS) is 10.0. The molecule has 10 heteroatoms. The molecule has 202 valence electrons. The van der Waals surface area contributed by atoms with Gasteiger partial charge in [0.15, 0.2) is 46.1 Å². The maximum atomic E-state index is 13.8. The molecule has 4 aromatic rings. The summed E-state index contributed by atoms with van der Waals surface area (Å²) in [7, 11) is 1.51. The highest BCUT2D eigenvalue weighted by Crippen LogP contribution is 2.36. The third-order valence-electron chi connectivity index (χ3n) is 5.26. The minimum absolute atomic E-state index is 0. The van der Waals surface area contributed by atoms with Crippen LogP contribution in [0.15, 0.2) is 60.9 Å². The van der Waals surface area contributed by atoms with Crippen molar-refractivity contribution < 1.29 is 28.1 Å². The molecule has 2 heterocycles. The van der Waals surface area contributed by atoms with Gasteiger partial charge in [-0.3, -0.25) is 0 Å². The van der Waals surface area contributed by atoms with Crippen LogP contribution in [0, 0.1) is 11.6 Å². The van der Waals surface area contributed by atoms with Crippen molar-refractivity contribution in [3.63, 3.8) is 0 Å². The van der Waals surface area contributed by atoms with E-state index in [4.69, 9.17) is 25.7 Å². The Morgan fingerprint density at radius 1 is 0.737 bits per heavy atom. The summed E-state index contributed by atoms with van der Waals surface area (Å²) in [6, 6.07) is 12.0. The summed E-state index contributed by atoms with van der Waals surface area (Å²) in [5.41, 5.74) is 12.3. The van der Waals surface area contributed by atoms with Gasteiger partial charge in [0.1, 0.15) is 11.6 Å². The molecule has 0 saturated heterocycles. The molecule has 0 aliphatic heterocycles. The predicted molar refractivity (Wildman–Crippen MR) is 144 cm³/mol. The quantitative estimate of drug-likeness (QED) is 0.244. The smallest absolute Gasteiger partial charge is 0.172 e. The van der Waals surface area contributed by atoms with E-state index in [9.17, 15) is 13.9 Å². The molecule has 5 N–H and O–H groups in total. The number of nitrogens with two attached hydrogens (primary N) is 2. The van der Waals surface area contributed by atoms with Crippen molar-refractivity contribution in [1.29, 1.82) is 0 Å². The number of ether oxygens (including phenoxy) is 3. The Balaban J connectivity index is 0.000000260. The van der Waals surface area contributed by atoms with Gasteiger partial charge in [-0.2, -0.15) is 0 Å². The van der Waals surface area contributed by atoms with Gasteiger partial charge in [0.05, 0.1) is 7.11 Å². The second kappa shape index (κ2) is 13.6. The van der Waals surface area contributed by atoms with E-state index in [1.54, 1.807) is 43.5 Å². The van der Waals surface area contributed by atoms with Gasteiger partial charge in [-0.05, 0) is 60.4 Å². The number of rotatable bonds is 7. The maximum Gasteiger partial charge on any atom is 0.172 e. The summed E-state index contributed by atoms with van der Waals surface area (Å²) in [6.07, 6.45) is 4.15. The topological polar surface area (TPSA) is 126 Å². The molecule has 0 unspecified atom stereocenters. The molecule has 0 aliphatic carbocycles. The van der Waals surface area contributed by atoms with Crippen LogP contribution in [0.25, 0.3) is 0 Å². The minimum Gasteiger partial charge on any atom is -0.504 e. The van der Waals surface area contributed by atoms with Gasteiger partial charge in [-0.15, -0.1) is 0 Å². The van der Waals surface area contributed by atoms with Gasteiger partial charge in [0, 0.05) is 24.5 Å². The Morgan fingerprint density at radius 3 is 1.68 bits per heavy atom. The molecule has 38 heavy (non-hydrogen) atoms. The first kappa shape index (κ1) is 29.6. The number of pyridine rings is 2. The number of aryl methyl sites for hydroxylation is 2. The van der Waals surface area contributed by atoms with Crippen molar-refractivity contribution >= 4 is 11.6 Å². The van der Waals surface area contributed by atoms with Crippen LogP contribution in [0.2, 0.25) is 0 Å². The van der Waals surface area contributed by atoms with Crippen molar-refractivity contribution in [2.45, 2.75) is 34.1 Å². The molecule has 0 aliphatic rings. The van der Waals surface area contributed by atoms with E-state index in [1.807, 2.05) is 6.92 Å². The molecule has 0 radical (unpaired) electrons. The zero-order chi connectivity index (χ0) is 26.9. The van der Waals surface area contributed by atoms with Crippen molar-refractivity contribution in [2.75, 3.05) is 18.6 Å². The summed E-state index contributed by atoms with van der Waals surface area (Å²) in [5, 5.41) is 9.75. The van der Waals surface area contributed by atoms with Crippen LogP contribution in [0.5, 0.6) is 34.5 Å². The zero-order valence-electron chi connectivity index (χ0n) is 20.7. The van der Waals surface area contributed by atoms with Gasteiger partial charge in [0.25, 0.3) is 0 Å². The Labute approximate surface area is 220 Å².